The lowest BCUT2D eigenvalue weighted by molar-refractivity contribution is 0.0965. The molecule has 37 heavy (non-hydrogen) atoms. The first kappa shape index (κ1) is 23.9. The van der Waals surface area contributed by atoms with E-state index in [-0.39, 0.29) is 5.91 Å². The average Bonchev–Trinajstić information content (AvgIpc) is 3.62. The molecular weight excluding hydrogens is 492 g/mol. The number of tetrazole rings is 1. The molecule has 0 saturated carbocycles. The SMILES string of the molecule is COc1ccc(C(=O)NC(=Cn2cc(-c3cc(Cl)ccc3-n3cnnn3)nn2)Cc2ccccc2)cc1. The molecule has 1 amide bonds. The molecule has 5 aromatic rings. The number of aromatic nitrogens is 7. The molecule has 3 aromatic carbocycles. The maximum atomic E-state index is 13.0. The number of hydrogen-bond donors (Lipinski definition) is 1. The van der Waals surface area contributed by atoms with E-state index >= 15 is 0 Å². The molecule has 0 fully saturated rings. The molecule has 1 N–H and O–H groups in total. The van der Waals surface area contributed by atoms with Gasteiger partial charge in [0, 0.05) is 34.5 Å². The smallest absolute Gasteiger partial charge is 0.255 e. The zero-order valence-electron chi connectivity index (χ0n) is 19.7. The summed E-state index contributed by atoms with van der Waals surface area (Å²) in [5.74, 6) is 0.426. The van der Waals surface area contributed by atoms with Crippen LogP contribution in [0.5, 0.6) is 5.75 Å². The quantitative estimate of drug-likeness (QED) is 0.333. The maximum Gasteiger partial charge on any atom is 0.255 e. The summed E-state index contributed by atoms with van der Waals surface area (Å²) in [4.78, 5) is 13.0. The summed E-state index contributed by atoms with van der Waals surface area (Å²) in [6, 6.07) is 22.1. The van der Waals surface area contributed by atoms with Crippen molar-refractivity contribution in [3.8, 4) is 22.7 Å². The predicted octanol–water partition coefficient (Wildman–Crippen LogP) is 4.05. The number of carbonyl (C=O) groups is 1. The lowest BCUT2D eigenvalue weighted by Crippen LogP contribution is -2.24. The van der Waals surface area contributed by atoms with Gasteiger partial charge < -0.3 is 10.1 Å². The Morgan fingerprint density at radius 3 is 2.59 bits per heavy atom. The molecule has 10 nitrogen and oxygen atoms in total. The molecule has 0 aliphatic carbocycles. The van der Waals surface area contributed by atoms with Crippen molar-refractivity contribution in [2.75, 3.05) is 7.11 Å². The molecule has 0 atom stereocenters. The molecule has 0 bridgehead atoms. The van der Waals surface area contributed by atoms with Crippen molar-refractivity contribution in [3.63, 3.8) is 0 Å². The highest BCUT2D eigenvalue weighted by Gasteiger charge is 2.14. The van der Waals surface area contributed by atoms with Crippen LogP contribution in [0.15, 0.2) is 91.0 Å². The minimum atomic E-state index is -0.249. The standard InChI is InChI=1S/C26H21ClN8O2/c1-37-22-10-7-19(8-11-22)26(36)29-21(13-18-5-3-2-4-6-18)15-34-16-24(30-32-34)23-14-20(27)9-12-25(23)35-17-28-31-33-35/h2-12,14-17H,13H2,1H3,(H,29,36). The molecule has 11 heteroatoms. The third-order valence-corrected chi connectivity index (χ3v) is 5.73. The number of nitrogens with one attached hydrogen (secondary N) is 1. The summed E-state index contributed by atoms with van der Waals surface area (Å²) >= 11 is 6.26. The van der Waals surface area contributed by atoms with Crippen LogP contribution in [-0.2, 0) is 6.42 Å². The van der Waals surface area contributed by atoms with Gasteiger partial charge >= 0.3 is 0 Å². The Balaban J connectivity index is 1.46. The molecule has 2 heterocycles. The largest absolute Gasteiger partial charge is 0.497 e. The zero-order chi connectivity index (χ0) is 25.6. The van der Waals surface area contributed by atoms with Gasteiger partial charge in [-0.1, -0.05) is 47.1 Å². The van der Waals surface area contributed by atoms with E-state index in [0.717, 1.165) is 5.56 Å². The molecule has 0 spiro atoms. The number of halogens is 1. The number of benzene rings is 3. The van der Waals surface area contributed by atoms with Crippen molar-refractivity contribution in [3.05, 3.63) is 107 Å². The Morgan fingerprint density at radius 1 is 1.05 bits per heavy atom. The third-order valence-electron chi connectivity index (χ3n) is 5.49. The maximum absolute atomic E-state index is 13.0. The first-order chi connectivity index (χ1) is 18.1. The van der Waals surface area contributed by atoms with Crippen molar-refractivity contribution in [1.29, 1.82) is 0 Å². The van der Waals surface area contributed by atoms with Gasteiger partial charge in [0.05, 0.1) is 19.0 Å². The number of amides is 1. The lowest BCUT2D eigenvalue weighted by Gasteiger charge is -2.11. The second kappa shape index (κ2) is 10.8. The van der Waals surface area contributed by atoms with Crippen LogP contribution in [0.4, 0.5) is 0 Å². The fourth-order valence-corrected chi connectivity index (χ4v) is 3.88. The summed E-state index contributed by atoms with van der Waals surface area (Å²) in [6.07, 6.45) is 5.44. The molecule has 2 aromatic heterocycles. The number of allylic oxidation sites excluding steroid dienone is 1. The highest BCUT2D eigenvalue weighted by molar-refractivity contribution is 6.31. The van der Waals surface area contributed by atoms with E-state index in [9.17, 15) is 4.79 Å². The van der Waals surface area contributed by atoms with E-state index in [1.54, 1.807) is 66.7 Å². The van der Waals surface area contributed by atoms with E-state index in [1.165, 1.54) is 11.0 Å². The van der Waals surface area contributed by atoms with Gasteiger partial charge in [-0.25, -0.2) is 4.68 Å². The van der Waals surface area contributed by atoms with Crippen molar-refractivity contribution >= 4 is 23.7 Å². The number of ether oxygens (including phenoxy) is 1. The minimum Gasteiger partial charge on any atom is -0.497 e. The molecule has 0 saturated heterocycles. The molecule has 0 unspecified atom stereocenters. The summed E-state index contributed by atoms with van der Waals surface area (Å²) in [7, 11) is 1.58. The van der Waals surface area contributed by atoms with Crippen LogP contribution >= 0.6 is 11.6 Å². The van der Waals surface area contributed by atoms with Gasteiger partial charge in [-0.3, -0.25) is 4.79 Å². The fourth-order valence-electron chi connectivity index (χ4n) is 3.71. The van der Waals surface area contributed by atoms with Gasteiger partial charge in [-0.15, -0.1) is 10.2 Å². The number of hydrogen-bond acceptors (Lipinski definition) is 7. The Labute approximate surface area is 217 Å². The Kier molecular flexibility index (Phi) is 7.00. The fraction of sp³-hybridized carbons (Fsp3) is 0.0769. The molecule has 0 aliphatic rings. The number of methoxy groups -OCH3 is 1. The topological polar surface area (TPSA) is 113 Å². The van der Waals surface area contributed by atoms with Crippen molar-refractivity contribution in [1.82, 2.24) is 40.5 Å². The highest BCUT2D eigenvalue weighted by Crippen LogP contribution is 2.27. The van der Waals surface area contributed by atoms with E-state index in [4.69, 9.17) is 16.3 Å². The molecule has 5 rings (SSSR count). The third kappa shape index (κ3) is 5.71. The van der Waals surface area contributed by atoms with E-state index in [0.29, 0.717) is 45.4 Å². The Bertz CT molecular complexity index is 1530. The van der Waals surface area contributed by atoms with Crippen LogP contribution in [0.3, 0.4) is 0 Å². The van der Waals surface area contributed by atoms with Crippen LogP contribution in [0.2, 0.25) is 5.02 Å². The van der Waals surface area contributed by atoms with Crippen LogP contribution < -0.4 is 10.1 Å². The van der Waals surface area contributed by atoms with Crippen LogP contribution in [0.1, 0.15) is 15.9 Å². The molecule has 0 radical (unpaired) electrons. The number of rotatable bonds is 8. The summed E-state index contributed by atoms with van der Waals surface area (Å²) in [5, 5.41) is 23.5. The normalized spacial score (nSPS) is 11.4. The zero-order valence-corrected chi connectivity index (χ0v) is 20.4. The Hall–Kier alpha value is -4.83. The first-order valence-corrected chi connectivity index (χ1v) is 11.6. The molecule has 0 aliphatic heterocycles. The van der Waals surface area contributed by atoms with E-state index in [1.807, 2.05) is 30.3 Å². The van der Waals surface area contributed by atoms with Gasteiger partial charge in [0.2, 0.25) is 0 Å². The number of nitrogens with zero attached hydrogens (tertiary/aromatic N) is 7. The summed E-state index contributed by atoms with van der Waals surface area (Å²) in [6.45, 7) is 0. The average molecular weight is 513 g/mol. The van der Waals surface area contributed by atoms with Gasteiger partial charge in [-0.05, 0) is 58.5 Å². The van der Waals surface area contributed by atoms with Crippen molar-refractivity contribution in [2.45, 2.75) is 6.42 Å². The van der Waals surface area contributed by atoms with Gasteiger partial charge in [-0.2, -0.15) is 4.68 Å². The minimum absolute atomic E-state index is 0.249. The second-order valence-electron chi connectivity index (χ2n) is 8.00. The lowest BCUT2D eigenvalue weighted by atomic mass is 10.1. The highest BCUT2D eigenvalue weighted by atomic mass is 35.5. The number of carbonyl (C=O) groups excluding carboxylic acids is 1. The van der Waals surface area contributed by atoms with Crippen LogP contribution in [0.25, 0.3) is 23.1 Å². The predicted molar refractivity (Wildman–Crippen MR) is 138 cm³/mol. The van der Waals surface area contributed by atoms with Crippen molar-refractivity contribution < 1.29 is 9.53 Å². The molecule has 184 valence electrons. The summed E-state index contributed by atoms with van der Waals surface area (Å²) < 4.78 is 8.26. The monoisotopic (exact) mass is 512 g/mol. The van der Waals surface area contributed by atoms with Crippen LogP contribution in [-0.4, -0.2) is 48.2 Å². The Morgan fingerprint density at radius 2 is 1.86 bits per heavy atom. The van der Waals surface area contributed by atoms with E-state index < -0.39 is 0 Å². The summed E-state index contributed by atoms with van der Waals surface area (Å²) in [5.41, 5.74) is 4.12. The van der Waals surface area contributed by atoms with E-state index in [2.05, 4.69) is 31.2 Å². The van der Waals surface area contributed by atoms with Gasteiger partial charge in [0.25, 0.3) is 5.91 Å². The second-order valence-corrected chi connectivity index (χ2v) is 8.44. The molecular formula is C26H21ClN8O2. The van der Waals surface area contributed by atoms with Crippen LogP contribution in [0, 0.1) is 0 Å². The van der Waals surface area contributed by atoms with Crippen molar-refractivity contribution in [2.24, 2.45) is 0 Å². The van der Waals surface area contributed by atoms with Gasteiger partial charge in [0.15, 0.2) is 0 Å². The first-order valence-electron chi connectivity index (χ1n) is 11.2. The van der Waals surface area contributed by atoms with Gasteiger partial charge in [0.1, 0.15) is 17.8 Å².